The molecule has 0 spiro atoms. The van der Waals surface area contributed by atoms with Gasteiger partial charge in [-0.05, 0) is 43.1 Å². The lowest BCUT2D eigenvalue weighted by Gasteiger charge is -2.42. The molecule has 1 aromatic carbocycles. The maximum atomic E-state index is 12.9. The molecule has 0 bridgehead atoms. The van der Waals surface area contributed by atoms with Crippen LogP contribution in [-0.2, 0) is 19.0 Å². The third-order valence-electron chi connectivity index (χ3n) is 7.54. The van der Waals surface area contributed by atoms with Gasteiger partial charge < -0.3 is 4.57 Å². The minimum absolute atomic E-state index is 0.176. The van der Waals surface area contributed by atoms with Crippen LogP contribution in [-0.4, -0.2) is 19.1 Å². The lowest BCUT2D eigenvalue weighted by molar-refractivity contribution is 0.242. The van der Waals surface area contributed by atoms with Crippen LogP contribution in [0.5, 0.6) is 0 Å². The Morgan fingerprint density at radius 1 is 1.10 bits per heavy atom. The molecule has 0 atom stereocenters. The Morgan fingerprint density at radius 3 is 2.43 bits per heavy atom. The Bertz CT molecular complexity index is 1180. The molecule has 3 aromatic rings. The smallest absolute Gasteiger partial charge is 0.321 e. The number of imidazole rings is 1. The fourth-order valence-electron chi connectivity index (χ4n) is 5.48. The molecule has 2 heterocycles. The Morgan fingerprint density at radius 2 is 1.80 bits per heavy atom. The second-order valence-electron chi connectivity index (χ2n) is 9.46. The summed E-state index contributed by atoms with van der Waals surface area (Å²) >= 11 is 0. The van der Waals surface area contributed by atoms with Gasteiger partial charge in [-0.15, -0.1) is 0 Å². The topological polar surface area (TPSA) is 72.7 Å². The Kier molecular flexibility index (Phi) is 4.68. The molecule has 2 aliphatic carbocycles. The molecule has 0 aliphatic heterocycles. The highest BCUT2D eigenvalue weighted by atomic mass is 16.2. The van der Waals surface area contributed by atoms with Crippen molar-refractivity contribution in [1.82, 2.24) is 19.1 Å². The average molecular weight is 407 g/mol. The van der Waals surface area contributed by atoms with E-state index in [1.54, 1.807) is 7.05 Å². The van der Waals surface area contributed by atoms with Crippen molar-refractivity contribution in [3.05, 3.63) is 62.6 Å². The summed E-state index contributed by atoms with van der Waals surface area (Å²) in [7, 11) is 1.69. The predicted octanol–water partition coefficient (Wildman–Crippen LogP) is 3.72. The molecule has 2 aliphatic rings. The molecule has 0 saturated heterocycles. The van der Waals surface area contributed by atoms with E-state index in [4.69, 9.17) is 4.98 Å². The minimum Gasteiger partial charge on any atom is -0.321 e. The van der Waals surface area contributed by atoms with Crippen LogP contribution in [0.2, 0.25) is 0 Å². The number of hydrogen-bond acceptors (Lipinski definition) is 3. The van der Waals surface area contributed by atoms with Crippen molar-refractivity contribution < 1.29 is 0 Å². The molecule has 6 nitrogen and oxygen atoms in total. The van der Waals surface area contributed by atoms with Crippen molar-refractivity contribution in [2.45, 2.75) is 63.8 Å². The highest BCUT2D eigenvalue weighted by Gasteiger charge is 2.45. The van der Waals surface area contributed by atoms with Crippen LogP contribution in [0, 0.1) is 11.8 Å². The van der Waals surface area contributed by atoms with E-state index in [1.807, 2.05) is 6.07 Å². The lowest BCUT2D eigenvalue weighted by Crippen LogP contribution is -2.39. The molecular weight excluding hydrogens is 376 g/mol. The number of aromatic nitrogens is 4. The van der Waals surface area contributed by atoms with Gasteiger partial charge in [-0.2, -0.15) is 0 Å². The number of hydrogen-bond donors (Lipinski definition) is 1. The molecule has 0 radical (unpaired) electrons. The first-order valence-electron chi connectivity index (χ1n) is 11.2. The van der Waals surface area contributed by atoms with Gasteiger partial charge in [-0.3, -0.25) is 14.3 Å². The van der Waals surface area contributed by atoms with Crippen LogP contribution < -0.4 is 11.2 Å². The number of aromatic amines is 1. The normalized spacial score (nSPS) is 23.4. The largest absolute Gasteiger partial charge is 0.329 e. The maximum Gasteiger partial charge on any atom is 0.329 e. The van der Waals surface area contributed by atoms with Crippen LogP contribution in [0.15, 0.2) is 39.9 Å². The highest BCUT2D eigenvalue weighted by molar-refractivity contribution is 5.71. The first-order chi connectivity index (χ1) is 14.5. The SMILES string of the molecule is CC1CCC(Cn2c(C3(c4ccccc4)CCC3)nc3c2c(=O)[nH]c(=O)n3C)CC1. The zero-order chi connectivity index (χ0) is 20.9. The van der Waals surface area contributed by atoms with Gasteiger partial charge in [0.25, 0.3) is 5.56 Å². The molecule has 30 heavy (non-hydrogen) atoms. The number of fused-ring (bicyclic) bond motifs is 1. The predicted molar refractivity (Wildman–Crippen MR) is 118 cm³/mol. The Hall–Kier alpha value is -2.63. The first kappa shape index (κ1) is 19.3. The molecule has 0 unspecified atom stereocenters. The summed E-state index contributed by atoms with van der Waals surface area (Å²) in [4.78, 5) is 32.7. The summed E-state index contributed by atoms with van der Waals surface area (Å²) < 4.78 is 3.65. The van der Waals surface area contributed by atoms with Gasteiger partial charge in [0.1, 0.15) is 5.82 Å². The van der Waals surface area contributed by atoms with Crippen LogP contribution >= 0.6 is 0 Å². The average Bonchev–Trinajstić information content (AvgIpc) is 3.08. The lowest BCUT2D eigenvalue weighted by atomic mass is 9.63. The van der Waals surface area contributed by atoms with Crippen LogP contribution in [0.1, 0.15) is 63.3 Å². The van der Waals surface area contributed by atoms with E-state index in [0.717, 1.165) is 37.5 Å². The second-order valence-corrected chi connectivity index (χ2v) is 9.46. The molecule has 5 rings (SSSR count). The second kappa shape index (κ2) is 7.25. The van der Waals surface area contributed by atoms with Gasteiger partial charge >= 0.3 is 5.69 Å². The third-order valence-corrected chi connectivity index (χ3v) is 7.54. The molecule has 2 saturated carbocycles. The quantitative estimate of drug-likeness (QED) is 0.718. The fraction of sp³-hybridized carbons (Fsp3) is 0.542. The molecule has 2 aromatic heterocycles. The van der Waals surface area contributed by atoms with Gasteiger partial charge in [-0.1, -0.05) is 56.5 Å². The summed E-state index contributed by atoms with van der Waals surface area (Å²) in [5.41, 5.74) is 1.41. The molecular formula is C24H30N4O2. The highest BCUT2D eigenvalue weighted by Crippen LogP contribution is 2.49. The molecule has 158 valence electrons. The summed E-state index contributed by atoms with van der Waals surface area (Å²) in [6.07, 6.45) is 8.04. The third kappa shape index (κ3) is 2.96. The van der Waals surface area contributed by atoms with Crippen molar-refractivity contribution in [2.75, 3.05) is 0 Å². The van der Waals surface area contributed by atoms with E-state index in [9.17, 15) is 9.59 Å². The number of benzene rings is 1. The van der Waals surface area contributed by atoms with Gasteiger partial charge in [0.15, 0.2) is 11.2 Å². The Labute approximate surface area is 176 Å². The maximum absolute atomic E-state index is 12.9. The number of nitrogens with one attached hydrogen (secondary N) is 1. The van der Waals surface area contributed by atoms with Gasteiger partial charge in [-0.25, -0.2) is 9.78 Å². The van der Waals surface area contributed by atoms with Crippen LogP contribution in [0.25, 0.3) is 11.2 Å². The van der Waals surface area contributed by atoms with E-state index >= 15 is 0 Å². The number of aryl methyl sites for hydroxylation is 1. The number of H-pyrrole nitrogens is 1. The molecule has 6 heteroatoms. The van der Waals surface area contributed by atoms with Crippen molar-refractivity contribution in [2.24, 2.45) is 18.9 Å². The van der Waals surface area contributed by atoms with Gasteiger partial charge in [0.2, 0.25) is 0 Å². The van der Waals surface area contributed by atoms with Crippen LogP contribution in [0.3, 0.4) is 0 Å². The fourth-order valence-corrected chi connectivity index (χ4v) is 5.48. The van der Waals surface area contributed by atoms with E-state index in [1.165, 1.54) is 35.8 Å². The zero-order valence-corrected chi connectivity index (χ0v) is 17.9. The Balaban J connectivity index is 1.71. The summed E-state index contributed by atoms with van der Waals surface area (Å²) in [5.74, 6) is 2.29. The van der Waals surface area contributed by atoms with E-state index in [0.29, 0.717) is 17.1 Å². The standard InChI is InChI=1S/C24H30N4O2/c1-16-9-11-17(12-10-16)15-28-19-20(27(2)23(30)26-21(19)29)25-22(28)24(13-6-14-24)18-7-4-3-5-8-18/h3-5,7-8,16-17H,6,9-15H2,1-2H3,(H,26,29,30). The van der Waals surface area contributed by atoms with E-state index in [-0.39, 0.29) is 11.0 Å². The van der Waals surface area contributed by atoms with Crippen molar-refractivity contribution >= 4 is 11.2 Å². The summed E-state index contributed by atoms with van der Waals surface area (Å²) in [5, 5.41) is 0. The van der Waals surface area contributed by atoms with Gasteiger partial charge in [0.05, 0.1) is 5.41 Å². The van der Waals surface area contributed by atoms with Crippen molar-refractivity contribution in [1.29, 1.82) is 0 Å². The summed E-state index contributed by atoms with van der Waals surface area (Å²) in [6, 6.07) is 10.5. The number of rotatable bonds is 4. The zero-order valence-electron chi connectivity index (χ0n) is 17.9. The summed E-state index contributed by atoms with van der Waals surface area (Å²) in [6.45, 7) is 3.13. The van der Waals surface area contributed by atoms with E-state index < -0.39 is 5.69 Å². The van der Waals surface area contributed by atoms with Crippen molar-refractivity contribution in [3.8, 4) is 0 Å². The first-order valence-corrected chi connectivity index (χ1v) is 11.2. The number of nitrogens with zero attached hydrogens (tertiary/aromatic N) is 3. The van der Waals surface area contributed by atoms with Crippen LogP contribution in [0.4, 0.5) is 0 Å². The van der Waals surface area contributed by atoms with E-state index in [2.05, 4.69) is 40.7 Å². The molecule has 1 N–H and O–H groups in total. The molecule has 0 amide bonds. The minimum atomic E-state index is -0.405. The monoisotopic (exact) mass is 406 g/mol. The van der Waals surface area contributed by atoms with Gasteiger partial charge in [0, 0.05) is 13.6 Å². The van der Waals surface area contributed by atoms with Crippen molar-refractivity contribution in [3.63, 3.8) is 0 Å². The molecule has 2 fully saturated rings.